The highest BCUT2D eigenvalue weighted by Gasteiger charge is 2.19. The molecule has 0 aliphatic rings. The number of nitrogens with two attached hydrogens (primary N) is 1. The van der Waals surface area contributed by atoms with Crippen LogP contribution in [0.5, 0.6) is 0 Å². The Morgan fingerprint density at radius 2 is 2.16 bits per heavy atom. The van der Waals surface area contributed by atoms with Crippen molar-refractivity contribution < 1.29 is 8.81 Å². The summed E-state index contributed by atoms with van der Waals surface area (Å²) in [5.41, 5.74) is 2.99. The first-order valence-corrected chi connectivity index (χ1v) is 6.71. The zero-order chi connectivity index (χ0) is 13.4. The number of halogens is 1. The van der Waals surface area contributed by atoms with Gasteiger partial charge in [0.25, 0.3) is 0 Å². The molecule has 3 N–H and O–H groups in total. The number of hydrazine groups is 1. The van der Waals surface area contributed by atoms with Crippen molar-refractivity contribution in [1.82, 2.24) is 5.43 Å². The summed E-state index contributed by atoms with van der Waals surface area (Å²) >= 11 is 1.63. The van der Waals surface area contributed by atoms with E-state index in [1.807, 2.05) is 31.2 Å². The topological polar surface area (TPSA) is 51.2 Å². The number of furan rings is 1. The number of para-hydroxylation sites is 1. The van der Waals surface area contributed by atoms with Gasteiger partial charge < -0.3 is 4.42 Å². The van der Waals surface area contributed by atoms with Crippen LogP contribution < -0.4 is 11.3 Å². The Balaban J connectivity index is 2.09. The van der Waals surface area contributed by atoms with Gasteiger partial charge in [-0.25, -0.2) is 9.82 Å². The summed E-state index contributed by atoms with van der Waals surface area (Å²) in [6.45, 7) is 2.03. The molecule has 1 aromatic carbocycles. The Hall–Kier alpha value is -1.69. The van der Waals surface area contributed by atoms with E-state index in [-0.39, 0.29) is 17.4 Å². The maximum atomic E-state index is 13.6. The predicted molar refractivity (Wildman–Crippen MR) is 74.4 cm³/mol. The van der Waals surface area contributed by atoms with Crippen molar-refractivity contribution in [3.8, 4) is 0 Å². The van der Waals surface area contributed by atoms with Crippen LogP contribution in [0, 0.1) is 12.7 Å². The van der Waals surface area contributed by atoms with E-state index >= 15 is 0 Å². The largest absolute Gasteiger partial charge is 0.456 e. The molecule has 3 nitrogen and oxygen atoms in total. The summed E-state index contributed by atoms with van der Waals surface area (Å²) in [4.78, 5) is 2.23. The lowest BCUT2D eigenvalue weighted by molar-refractivity contribution is 0.468. The number of aryl methyl sites for hydroxylation is 1. The molecule has 0 fully saturated rings. The number of fused-ring (bicyclic) bond motifs is 1. The van der Waals surface area contributed by atoms with Gasteiger partial charge >= 0.3 is 0 Å². The molecule has 0 aliphatic carbocycles. The molecule has 3 rings (SSSR count). The maximum absolute atomic E-state index is 13.6. The molecule has 0 saturated heterocycles. The molecule has 0 saturated carbocycles. The predicted octanol–water partition coefficient (Wildman–Crippen LogP) is 3.49. The molecule has 0 aliphatic heterocycles. The van der Waals surface area contributed by atoms with Crippen molar-refractivity contribution in [3.63, 3.8) is 0 Å². The number of hydrogen-bond donors (Lipinski definition) is 2. The lowest BCUT2D eigenvalue weighted by atomic mass is 10.2. The Kier molecular flexibility index (Phi) is 3.10. The zero-order valence-corrected chi connectivity index (χ0v) is 11.1. The van der Waals surface area contributed by atoms with Crippen LogP contribution in [0.15, 0.2) is 40.8 Å². The van der Waals surface area contributed by atoms with Gasteiger partial charge in [-0.3, -0.25) is 5.84 Å². The van der Waals surface area contributed by atoms with Gasteiger partial charge in [-0.05, 0) is 31.2 Å². The third-order valence-electron chi connectivity index (χ3n) is 3.01. The Morgan fingerprint density at radius 3 is 2.79 bits per heavy atom. The number of benzene rings is 1. The fourth-order valence-electron chi connectivity index (χ4n) is 2.10. The van der Waals surface area contributed by atoms with Crippen LogP contribution in [0.4, 0.5) is 4.39 Å². The first kappa shape index (κ1) is 12.3. The molecule has 1 unspecified atom stereocenters. The molecule has 98 valence electrons. The van der Waals surface area contributed by atoms with E-state index < -0.39 is 0 Å². The second-order valence-electron chi connectivity index (χ2n) is 4.36. The zero-order valence-electron chi connectivity index (χ0n) is 10.3. The lowest BCUT2D eigenvalue weighted by Crippen LogP contribution is -2.27. The molecule has 2 heterocycles. The SMILES string of the molecule is Cc1ccc(C(NN)c2cc3cccc(F)c3o2)s1. The summed E-state index contributed by atoms with van der Waals surface area (Å²) < 4.78 is 19.2. The van der Waals surface area contributed by atoms with Gasteiger partial charge in [-0.1, -0.05) is 12.1 Å². The van der Waals surface area contributed by atoms with Crippen molar-refractivity contribution in [2.24, 2.45) is 5.84 Å². The summed E-state index contributed by atoms with van der Waals surface area (Å²) in [6, 6.07) is 10.4. The van der Waals surface area contributed by atoms with Crippen LogP contribution in [0.3, 0.4) is 0 Å². The van der Waals surface area contributed by atoms with Crippen LogP contribution in [0.1, 0.15) is 21.6 Å². The molecule has 2 aromatic heterocycles. The minimum absolute atomic E-state index is 0.259. The van der Waals surface area contributed by atoms with Crippen LogP contribution in [0.2, 0.25) is 0 Å². The molecule has 5 heteroatoms. The van der Waals surface area contributed by atoms with E-state index in [2.05, 4.69) is 5.43 Å². The van der Waals surface area contributed by atoms with Crippen molar-refractivity contribution >= 4 is 22.3 Å². The molecule has 0 amide bonds. The minimum Gasteiger partial charge on any atom is -0.456 e. The van der Waals surface area contributed by atoms with Gasteiger partial charge in [-0.15, -0.1) is 11.3 Å². The number of hydrogen-bond acceptors (Lipinski definition) is 4. The fourth-order valence-corrected chi connectivity index (χ4v) is 3.05. The summed E-state index contributed by atoms with van der Waals surface area (Å²) in [5.74, 6) is 5.86. The molecule has 0 radical (unpaired) electrons. The minimum atomic E-state index is -0.359. The molecule has 1 atom stereocenters. The van der Waals surface area contributed by atoms with Crippen molar-refractivity contribution in [3.05, 3.63) is 57.7 Å². The molecular weight excluding hydrogens is 263 g/mol. The second kappa shape index (κ2) is 4.77. The first-order chi connectivity index (χ1) is 9.19. The fraction of sp³-hybridized carbons (Fsp3) is 0.143. The quantitative estimate of drug-likeness (QED) is 0.568. The van der Waals surface area contributed by atoms with Crippen LogP contribution in [0.25, 0.3) is 11.0 Å². The standard InChI is InChI=1S/C14H13FN2OS/c1-8-5-6-12(19-8)13(17-16)11-7-9-3-2-4-10(15)14(9)18-11/h2-7,13,17H,16H2,1H3. The van der Waals surface area contributed by atoms with Crippen molar-refractivity contribution in [1.29, 1.82) is 0 Å². The molecular formula is C14H13FN2OS. The van der Waals surface area contributed by atoms with Gasteiger partial charge in [0.05, 0.1) is 0 Å². The Labute approximate surface area is 113 Å². The molecule has 0 bridgehead atoms. The van der Waals surface area contributed by atoms with E-state index in [1.165, 1.54) is 10.9 Å². The molecule has 0 spiro atoms. The monoisotopic (exact) mass is 276 g/mol. The first-order valence-electron chi connectivity index (χ1n) is 5.89. The Morgan fingerprint density at radius 1 is 1.32 bits per heavy atom. The average molecular weight is 276 g/mol. The summed E-state index contributed by atoms with van der Waals surface area (Å²) in [6.07, 6.45) is 0. The van der Waals surface area contributed by atoms with Gasteiger partial charge in [0.15, 0.2) is 11.4 Å². The second-order valence-corrected chi connectivity index (χ2v) is 5.67. The van der Waals surface area contributed by atoms with Gasteiger partial charge in [0.1, 0.15) is 11.8 Å². The Bertz CT molecular complexity index is 719. The average Bonchev–Trinajstić information content (AvgIpc) is 2.98. The summed E-state index contributed by atoms with van der Waals surface area (Å²) in [7, 11) is 0. The van der Waals surface area contributed by atoms with E-state index in [0.717, 1.165) is 10.3 Å². The van der Waals surface area contributed by atoms with Crippen molar-refractivity contribution in [2.45, 2.75) is 13.0 Å². The van der Waals surface area contributed by atoms with Crippen LogP contribution in [-0.2, 0) is 0 Å². The van der Waals surface area contributed by atoms with Crippen molar-refractivity contribution in [2.75, 3.05) is 0 Å². The molecule has 19 heavy (non-hydrogen) atoms. The lowest BCUT2D eigenvalue weighted by Gasteiger charge is -2.10. The maximum Gasteiger partial charge on any atom is 0.169 e. The van der Waals surface area contributed by atoms with Gasteiger partial charge in [-0.2, -0.15) is 0 Å². The third-order valence-corrected chi connectivity index (χ3v) is 4.08. The van der Waals surface area contributed by atoms with Crippen LogP contribution >= 0.6 is 11.3 Å². The third kappa shape index (κ3) is 2.16. The number of thiophene rings is 1. The van der Waals surface area contributed by atoms with E-state index in [0.29, 0.717) is 5.76 Å². The normalized spacial score (nSPS) is 13.0. The van der Waals surface area contributed by atoms with Gasteiger partial charge in [0, 0.05) is 15.1 Å². The van der Waals surface area contributed by atoms with Gasteiger partial charge in [0.2, 0.25) is 0 Å². The summed E-state index contributed by atoms with van der Waals surface area (Å²) in [5, 5.41) is 0.739. The number of rotatable bonds is 3. The highest BCUT2D eigenvalue weighted by Crippen LogP contribution is 2.32. The van der Waals surface area contributed by atoms with E-state index in [9.17, 15) is 4.39 Å². The number of nitrogens with one attached hydrogen (secondary N) is 1. The molecule has 3 aromatic rings. The highest BCUT2D eigenvalue weighted by molar-refractivity contribution is 7.12. The van der Waals surface area contributed by atoms with E-state index in [4.69, 9.17) is 10.3 Å². The van der Waals surface area contributed by atoms with Crippen LogP contribution in [-0.4, -0.2) is 0 Å². The highest BCUT2D eigenvalue weighted by atomic mass is 32.1. The smallest absolute Gasteiger partial charge is 0.169 e. The van der Waals surface area contributed by atoms with E-state index in [1.54, 1.807) is 17.4 Å².